The highest BCUT2D eigenvalue weighted by molar-refractivity contribution is 6.01. The van der Waals surface area contributed by atoms with Crippen LogP contribution < -0.4 is 15.6 Å². The first kappa shape index (κ1) is 32.2. The molecule has 46 heavy (non-hydrogen) atoms. The van der Waals surface area contributed by atoms with Gasteiger partial charge in [-0.3, -0.25) is 10.2 Å². The third-order valence-corrected chi connectivity index (χ3v) is 7.83. The number of nitrogens with zero attached hydrogens (tertiary/aromatic N) is 4. The van der Waals surface area contributed by atoms with Gasteiger partial charge in [-0.1, -0.05) is 90.0 Å². The summed E-state index contributed by atoms with van der Waals surface area (Å²) in [5.41, 5.74) is 18.1. The van der Waals surface area contributed by atoms with E-state index < -0.39 is 11.6 Å². The Balaban J connectivity index is 1.47. The number of aryl methyl sites for hydroxylation is 1. The molecule has 5 rings (SSSR count). The van der Waals surface area contributed by atoms with Gasteiger partial charge in [0, 0.05) is 36.5 Å². The molecule has 0 aliphatic carbocycles. The zero-order valence-electron chi connectivity index (χ0n) is 25.6. The number of hydrogen-bond donors (Lipinski definition) is 3. The summed E-state index contributed by atoms with van der Waals surface area (Å²) < 4.78 is 12.3. The van der Waals surface area contributed by atoms with Crippen molar-refractivity contribution in [1.29, 1.82) is 0 Å². The summed E-state index contributed by atoms with van der Waals surface area (Å²) in [6, 6.07) is 34.8. The number of azide groups is 1. The van der Waals surface area contributed by atoms with Crippen LogP contribution >= 0.6 is 0 Å². The molecule has 1 aliphatic rings. The molecule has 236 valence electrons. The largest absolute Gasteiger partial charge is 0.494 e. The Morgan fingerprint density at radius 2 is 1.63 bits per heavy atom. The lowest BCUT2D eigenvalue weighted by atomic mass is 9.81. The average Bonchev–Trinajstić information content (AvgIpc) is 3.49. The third-order valence-electron chi connectivity index (χ3n) is 7.83. The zero-order chi connectivity index (χ0) is 32.0. The Morgan fingerprint density at radius 3 is 2.35 bits per heavy atom. The molecule has 3 N–H and O–H groups in total. The van der Waals surface area contributed by atoms with E-state index in [4.69, 9.17) is 25.1 Å². The third kappa shape index (κ3) is 8.11. The molecule has 4 aromatic carbocycles. The molecule has 0 radical (unpaired) electrons. The van der Waals surface area contributed by atoms with E-state index in [0.29, 0.717) is 36.8 Å². The van der Waals surface area contributed by atoms with Crippen LogP contribution in [0.2, 0.25) is 0 Å². The topological polar surface area (TPSA) is 141 Å². The molecule has 4 aromatic rings. The second kappa shape index (κ2) is 16.2. The Kier molecular flexibility index (Phi) is 11.4. The minimum Gasteiger partial charge on any atom is -0.494 e. The number of amides is 1. The van der Waals surface area contributed by atoms with Crippen molar-refractivity contribution in [2.24, 2.45) is 10.1 Å². The number of hydrazine groups is 1. The van der Waals surface area contributed by atoms with Gasteiger partial charge in [0.15, 0.2) is 11.6 Å². The van der Waals surface area contributed by atoms with Gasteiger partial charge < -0.3 is 14.6 Å². The van der Waals surface area contributed by atoms with E-state index in [0.717, 1.165) is 29.5 Å². The van der Waals surface area contributed by atoms with E-state index in [9.17, 15) is 4.79 Å². The van der Waals surface area contributed by atoms with Gasteiger partial charge >= 0.3 is 0 Å². The molecule has 0 fully saturated rings. The van der Waals surface area contributed by atoms with Crippen LogP contribution in [0.15, 0.2) is 119 Å². The normalized spacial score (nSPS) is 17.0. The molecule has 1 heterocycles. The number of ether oxygens (including phenoxy) is 2. The van der Waals surface area contributed by atoms with Gasteiger partial charge in [-0.25, -0.2) is 10.4 Å². The molecule has 2 atom stereocenters. The molecule has 0 bridgehead atoms. The Morgan fingerprint density at radius 1 is 0.935 bits per heavy atom. The number of rotatable bonds is 16. The van der Waals surface area contributed by atoms with E-state index >= 15 is 0 Å². The highest BCUT2D eigenvalue weighted by Gasteiger charge is 2.53. The Bertz CT molecular complexity index is 1640. The van der Waals surface area contributed by atoms with Crippen molar-refractivity contribution in [3.05, 3.63) is 147 Å². The summed E-state index contributed by atoms with van der Waals surface area (Å²) in [5, 5.41) is 12.9. The summed E-state index contributed by atoms with van der Waals surface area (Å²) in [6.07, 6.45) is 1.69. The van der Waals surface area contributed by atoms with Gasteiger partial charge in [-0.05, 0) is 64.9 Å². The fourth-order valence-electron chi connectivity index (χ4n) is 5.47. The molecule has 0 saturated carbocycles. The number of carbonyl (C=O) groups is 1. The number of aliphatic hydroxyl groups is 1. The van der Waals surface area contributed by atoms with Crippen LogP contribution in [0.25, 0.3) is 10.4 Å². The van der Waals surface area contributed by atoms with Crippen LogP contribution in [-0.4, -0.2) is 42.2 Å². The predicted octanol–water partition coefficient (Wildman–Crippen LogP) is 6.01. The molecular weight excluding hydrogens is 580 g/mol. The smallest absolute Gasteiger partial charge is 0.266 e. The molecule has 1 amide bonds. The van der Waals surface area contributed by atoms with Gasteiger partial charge in [0.1, 0.15) is 5.75 Å². The SMILES string of the molecule is [N-]=[N+]=NCc1ccccc1C[C@]1(C(=O)NNCCCc2ccccc2)N=C(c2ccc(OCCCO)cc2)O[C@H]1c1ccccc1. The summed E-state index contributed by atoms with van der Waals surface area (Å²) >= 11 is 0. The number of aliphatic hydroxyl groups excluding tert-OH is 1. The van der Waals surface area contributed by atoms with E-state index in [-0.39, 0.29) is 25.5 Å². The van der Waals surface area contributed by atoms with Crippen LogP contribution in [0, 0.1) is 0 Å². The molecule has 0 saturated heterocycles. The number of carbonyl (C=O) groups excluding carboxylic acids is 1. The second-order valence-corrected chi connectivity index (χ2v) is 11.0. The maximum absolute atomic E-state index is 14.4. The standard InChI is InChI=1S/C36H38N6O4/c37-42-39-26-31-17-8-7-16-30(31)25-36(35(44)41-38-22-9-13-27-11-3-1-4-12-27)33(28-14-5-2-6-15-28)46-34(40-36)29-18-20-32(21-19-29)45-24-10-23-43/h1-8,11-12,14-21,33,38,43H,9-10,13,22-26H2,(H,41,44)/t33-,36-/m0/s1. The molecule has 0 aromatic heterocycles. The van der Waals surface area contributed by atoms with E-state index in [1.165, 1.54) is 5.56 Å². The van der Waals surface area contributed by atoms with Crippen LogP contribution in [0.1, 0.15) is 46.8 Å². The highest BCUT2D eigenvalue weighted by Crippen LogP contribution is 2.43. The number of benzene rings is 4. The Labute approximate surface area is 268 Å². The highest BCUT2D eigenvalue weighted by atomic mass is 16.5. The van der Waals surface area contributed by atoms with Crippen molar-refractivity contribution in [3.8, 4) is 5.75 Å². The van der Waals surface area contributed by atoms with Crippen molar-refractivity contribution in [3.63, 3.8) is 0 Å². The minimum absolute atomic E-state index is 0.0572. The van der Waals surface area contributed by atoms with Gasteiger partial charge in [0.25, 0.3) is 5.91 Å². The fourth-order valence-corrected chi connectivity index (χ4v) is 5.47. The summed E-state index contributed by atoms with van der Waals surface area (Å²) in [4.78, 5) is 22.4. The summed E-state index contributed by atoms with van der Waals surface area (Å²) in [7, 11) is 0. The van der Waals surface area contributed by atoms with Crippen LogP contribution in [-0.2, 0) is 28.9 Å². The van der Waals surface area contributed by atoms with Crippen molar-refractivity contribution >= 4 is 11.8 Å². The molecule has 10 nitrogen and oxygen atoms in total. The van der Waals surface area contributed by atoms with Crippen molar-refractivity contribution < 1.29 is 19.4 Å². The molecule has 1 aliphatic heterocycles. The van der Waals surface area contributed by atoms with Gasteiger partial charge in [0.2, 0.25) is 5.90 Å². The molecule has 0 unspecified atom stereocenters. The minimum atomic E-state index is -1.40. The molecule has 0 spiro atoms. The lowest BCUT2D eigenvalue weighted by molar-refractivity contribution is -0.130. The average molecular weight is 619 g/mol. The van der Waals surface area contributed by atoms with Gasteiger partial charge in [-0.15, -0.1) is 0 Å². The zero-order valence-corrected chi connectivity index (χ0v) is 25.6. The molecular formula is C36H38N6O4. The van der Waals surface area contributed by atoms with E-state index in [1.54, 1.807) is 0 Å². The maximum atomic E-state index is 14.4. The monoisotopic (exact) mass is 618 g/mol. The molecule has 10 heteroatoms. The first-order valence-electron chi connectivity index (χ1n) is 15.4. The maximum Gasteiger partial charge on any atom is 0.266 e. The van der Waals surface area contributed by atoms with Crippen molar-refractivity contribution in [2.75, 3.05) is 19.8 Å². The van der Waals surface area contributed by atoms with E-state index in [2.05, 4.69) is 33.0 Å². The second-order valence-electron chi connectivity index (χ2n) is 11.0. The van der Waals surface area contributed by atoms with E-state index in [1.807, 2.05) is 97.1 Å². The summed E-state index contributed by atoms with van der Waals surface area (Å²) in [5.74, 6) is 0.659. The number of hydrogen-bond acceptors (Lipinski definition) is 7. The van der Waals surface area contributed by atoms with Crippen molar-refractivity contribution in [2.45, 2.75) is 43.9 Å². The first-order chi connectivity index (χ1) is 22.6. The predicted molar refractivity (Wildman–Crippen MR) is 177 cm³/mol. The number of nitrogens with one attached hydrogen (secondary N) is 2. The first-order valence-corrected chi connectivity index (χ1v) is 15.4. The number of aliphatic imine (C=N–C) groups is 1. The van der Waals surface area contributed by atoms with Crippen molar-refractivity contribution in [1.82, 2.24) is 10.9 Å². The van der Waals surface area contributed by atoms with Crippen LogP contribution in [0.5, 0.6) is 5.75 Å². The summed E-state index contributed by atoms with van der Waals surface area (Å²) in [6.45, 7) is 1.17. The van der Waals surface area contributed by atoms with Crippen LogP contribution in [0.3, 0.4) is 0 Å². The van der Waals surface area contributed by atoms with Gasteiger partial charge in [0.05, 0.1) is 13.2 Å². The van der Waals surface area contributed by atoms with Crippen LogP contribution in [0.4, 0.5) is 0 Å². The lowest BCUT2D eigenvalue weighted by Gasteiger charge is -2.31. The lowest BCUT2D eigenvalue weighted by Crippen LogP contribution is -2.54. The van der Waals surface area contributed by atoms with Gasteiger partial charge in [-0.2, -0.15) is 0 Å². The Hall–Kier alpha value is -5.15. The fraction of sp³-hybridized carbons (Fsp3) is 0.278. The quantitative estimate of drug-likeness (QED) is 0.0464.